The van der Waals surface area contributed by atoms with Crippen LogP contribution in [0.5, 0.6) is 11.6 Å². The molecule has 21 heavy (non-hydrogen) atoms. The Hall–Kier alpha value is -1.75. The van der Waals surface area contributed by atoms with Crippen molar-refractivity contribution in [2.45, 2.75) is 20.0 Å². The molecule has 1 heterocycles. The number of halogens is 1. The molecule has 0 amide bonds. The van der Waals surface area contributed by atoms with Gasteiger partial charge in [0.25, 0.3) is 0 Å². The number of nitrogens with one attached hydrogen (secondary N) is 1. The zero-order valence-corrected chi connectivity index (χ0v) is 13.8. The van der Waals surface area contributed by atoms with Crippen molar-refractivity contribution in [3.63, 3.8) is 0 Å². The van der Waals surface area contributed by atoms with Gasteiger partial charge < -0.3 is 14.8 Å². The maximum atomic E-state index is 5.66. The highest BCUT2D eigenvalue weighted by atomic mass is 79.9. The minimum absolute atomic E-state index is 0.0967. The van der Waals surface area contributed by atoms with E-state index >= 15 is 0 Å². The molecule has 0 atom stereocenters. The van der Waals surface area contributed by atoms with Gasteiger partial charge in [0.1, 0.15) is 12.4 Å². The van der Waals surface area contributed by atoms with Crippen LogP contribution in [0.25, 0.3) is 0 Å². The molecule has 2 rings (SSSR count). The fourth-order valence-electron chi connectivity index (χ4n) is 1.73. The smallest absolute Gasteiger partial charge is 0.237 e. The maximum absolute atomic E-state index is 5.66. The molecule has 0 aliphatic heterocycles. The first-order chi connectivity index (χ1) is 10.1. The van der Waals surface area contributed by atoms with Crippen LogP contribution < -0.4 is 14.8 Å². The second-order valence-electron chi connectivity index (χ2n) is 4.75. The molecule has 0 aliphatic rings. The molecular weight excluding hydrogens is 332 g/mol. The number of anilines is 1. The lowest BCUT2D eigenvalue weighted by Crippen LogP contribution is -2.14. The van der Waals surface area contributed by atoms with Crippen LogP contribution in [-0.4, -0.2) is 24.2 Å². The molecule has 0 bridgehead atoms. The number of rotatable bonds is 7. The van der Waals surface area contributed by atoms with E-state index in [2.05, 4.69) is 26.2 Å². The average Bonchev–Trinajstić information content (AvgIpc) is 2.46. The van der Waals surface area contributed by atoms with E-state index in [0.29, 0.717) is 19.0 Å². The van der Waals surface area contributed by atoms with Gasteiger partial charge in [-0.1, -0.05) is 15.9 Å². The molecule has 5 heteroatoms. The fraction of sp³-hybridized carbons (Fsp3) is 0.312. The van der Waals surface area contributed by atoms with Gasteiger partial charge in [0.05, 0.1) is 11.8 Å². The molecule has 0 saturated heterocycles. The summed E-state index contributed by atoms with van der Waals surface area (Å²) in [5.41, 5.74) is 0.880. The van der Waals surface area contributed by atoms with Crippen LogP contribution in [0.15, 0.2) is 47.1 Å². The molecule has 0 spiro atoms. The summed E-state index contributed by atoms with van der Waals surface area (Å²) in [6.07, 6.45) is 1.82. The molecule has 0 saturated carbocycles. The first kappa shape index (κ1) is 15.6. The van der Waals surface area contributed by atoms with E-state index in [1.165, 1.54) is 0 Å². The molecule has 112 valence electrons. The second-order valence-corrected chi connectivity index (χ2v) is 5.67. The van der Waals surface area contributed by atoms with Crippen LogP contribution in [0.4, 0.5) is 5.69 Å². The Bertz CT molecular complexity index is 558. The lowest BCUT2D eigenvalue weighted by atomic mass is 10.3. The number of pyridine rings is 1. The van der Waals surface area contributed by atoms with Crippen molar-refractivity contribution in [1.29, 1.82) is 0 Å². The van der Waals surface area contributed by atoms with Crippen LogP contribution in [0.3, 0.4) is 0 Å². The lowest BCUT2D eigenvalue weighted by Gasteiger charge is -2.14. The Balaban J connectivity index is 1.82. The van der Waals surface area contributed by atoms with Gasteiger partial charge >= 0.3 is 0 Å². The summed E-state index contributed by atoms with van der Waals surface area (Å²) in [4.78, 5) is 4.23. The Kier molecular flexibility index (Phi) is 5.87. The third-order valence-electron chi connectivity index (χ3n) is 2.62. The summed E-state index contributed by atoms with van der Waals surface area (Å²) >= 11 is 3.40. The first-order valence-corrected chi connectivity index (χ1v) is 7.68. The predicted molar refractivity (Wildman–Crippen MR) is 88.1 cm³/mol. The molecule has 0 unspecified atom stereocenters. The zero-order valence-electron chi connectivity index (χ0n) is 12.2. The number of aromatic nitrogens is 1. The van der Waals surface area contributed by atoms with Gasteiger partial charge in [-0.15, -0.1) is 0 Å². The van der Waals surface area contributed by atoms with Gasteiger partial charge in [-0.25, -0.2) is 4.98 Å². The number of nitrogens with zero attached hydrogens (tertiary/aromatic N) is 1. The van der Waals surface area contributed by atoms with E-state index in [0.717, 1.165) is 15.9 Å². The van der Waals surface area contributed by atoms with Crippen molar-refractivity contribution >= 4 is 21.6 Å². The summed E-state index contributed by atoms with van der Waals surface area (Å²) in [6.45, 7) is 5.21. The van der Waals surface area contributed by atoms with Crippen molar-refractivity contribution in [2.24, 2.45) is 0 Å². The molecule has 2 aromatic rings. The van der Waals surface area contributed by atoms with Gasteiger partial charge in [-0.3, -0.25) is 0 Å². The van der Waals surface area contributed by atoms with E-state index in [1.807, 2.05) is 50.2 Å². The third kappa shape index (κ3) is 5.27. The molecular formula is C16H19BrN2O2. The Morgan fingerprint density at radius 3 is 2.67 bits per heavy atom. The van der Waals surface area contributed by atoms with E-state index in [-0.39, 0.29) is 6.10 Å². The van der Waals surface area contributed by atoms with E-state index < -0.39 is 0 Å². The average molecular weight is 351 g/mol. The summed E-state index contributed by atoms with van der Waals surface area (Å²) in [5.74, 6) is 1.47. The molecule has 0 radical (unpaired) electrons. The lowest BCUT2D eigenvalue weighted by molar-refractivity contribution is 0.234. The number of benzene rings is 1. The number of ether oxygens (including phenoxy) is 2. The van der Waals surface area contributed by atoms with Crippen molar-refractivity contribution in [1.82, 2.24) is 4.98 Å². The fourth-order valence-corrected chi connectivity index (χ4v) is 1.99. The summed E-state index contributed by atoms with van der Waals surface area (Å²) in [5, 5.41) is 3.28. The highest BCUT2D eigenvalue weighted by molar-refractivity contribution is 9.10. The molecule has 1 aromatic carbocycles. The van der Waals surface area contributed by atoms with Crippen LogP contribution in [-0.2, 0) is 0 Å². The summed E-state index contributed by atoms with van der Waals surface area (Å²) in [7, 11) is 0. The van der Waals surface area contributed by atoms with Gasteiger partial charge in [-0.2, -0.15) is 0 Å². The normalized spacial score (nSPS) is 10.5. The van der Waals surface area contributed by atoms with E-state index in [1.54, 1.807) is 6.20 Å². The van der Waals surface area contributed by atoms with Gasteiger partial charge in [-0.05, 0) is 50.2 Å². The minimum atomic E-state index is 0.0967. The van der Waals surface area contributed by atoms with Crippen molar-refractivity contribution in [3.8, 4) is 11.6 Å². The van der Waals surface area contributed by atoms with Gasteiger partial charge in [0.2, 0.25) is 5.88 Å². The zero-order chi connectivity index (χ0) is 15.1. The highest BCUT2D eigenvalue weighted by Gasteiger charge is 2.05. The quantitative estimate of drug-likeness (QED) is 0.762. The second kappa shape index (κ2) is 7.88. The maximum Gasteiger partial charge on any atom is 0.237 e. The summed E-state index contributed by atoms with van der Waals surface area (Å²) < 4.78 is 12.4. The topological polar surface area (TPSA) is 43.4 Å². The Labute approximate surface area is 133 Å². The number of hydrogen-bond donors (Lipinski definition) is 1. The van der Waals surface area contributed by atoms with Crippen molar-refractivity contribution < 1.29 is 9.47 Å². The molecule has 4 nitrogen and oxygen atoms in total. The van der Waals surface area contributed by atoms with E-state index in [9.17, 15) is 0 Å². The Morgan fingerprint density at radius 2 is 1.95 bits per heavy atom. The molecule has 1 N–H and O–H groups in total. The van der Waals surface area contributed by atoms with Crippen LogP contribution in [0.1, 0.15) is 13.8 Å². The minimum Gasteiger partial charge on any atom is -0.492 e. The number of hydrogen-bond acceptors (Lipinski definition) is 4. The van der Waals surface area contributed by atoms with Crippen molar-refractivity contribution in [2.75, 3.05) is 18.5 Å². The van der Waals surface area contributed by atoms with Crippen LogP contribution in [0, 0.1) is 0 Å². The largest absolute Gasteiger partial charge is 0.492 e. The molecule has 0 fully saturated rings. The SMILES string of the molecule is CC(C)Oc1ncccc1NCCOc1ccc(Br)cc1. The third-order valence-corrected chi connectivity index (χ3v) is 3.15. The Morgan fingerprint density at radius 1 is 1.19 bits per heavy atom. The van der Waals surface area contributed by atoms with Crippen molar-refractivity contribution in [3.05, 3.63) is 47.1 Å². The molecule has 1 aromatic heterocycles. The van der Waals surface area contributed by atoms with Gasteiger partial charge in [0.15, 0.2) is 0 Å². The van der Waals surface area contributed by atoms with E-state index in [4.69, 9.17) is 9.47 Å². The highest BCUT2D eigenvalue weighted by Crippen LogP contribution is 2.21. The van der Waals surface area contributed by atoms with Crippen LogP contribution >= 0.6 is 15.9 Å². The predicted octanol–water partition coefficient (Wildman–Crippen LogP) is 4.12. The van der Waals surface area contributed by atoms with Crippen LogP contribution in [0.2, 0.25) is 0 Å². The van der Waals surface area contributed by atoms with Gasteiger partial charge in [0, 0.05) is 17.2 Å². The first-order valence-electron chi connectivity index (χ1n) is 6.89. The molecule has 0 aliphatic carbocycles. The summed E-state index contributed by atoms with van der Waals surface area (Å²) in [6, 6.07) is 11.6. The standard InChI is InChI=1S/C16H19BrN2O2/c1-12(2)21-16-15(4-3-9-19-16)18-10-11-20-14-7-5-13(17)6-8-14/h3-9,12,18H,10-11H2,1-2H3. The monoisotopic (exact) mass is 350 g/mol.